The normalized spacial score (nSPS) is 24.4. The molecule has 4 nitrogen and oxygen atoms in total. The van der Waals surface area contributed by atoms with Crippen LogP contribution in [0, 0.1) is 6.92 Å². The molecule has 2 aliphatic rings. The minimum absolute atomic E-state index is 0.0532. The largest absolute Gasteiger partial charge is 0.292 e. The van der Waals surface area contributed by atoms with Crippen LogP contribution < -0.4 is 4.90 Å². The minimum atomic E-state index is -0.247. The Kier molecular flexibility index (Phi) is 3.57. The van der Waals surface area contributed by atoms with Crippen molar-refractivity contribution in [1.29, 1.82) is 0 Å². The monoisotopic (exact) mass is 272 g/mol. The first-order chi connectivity index (χ1) is 9.66. The van der Waals surface area contributed by atoms with Crippen LogP contribution >= 0.6 is 0 Å². The Bertz CT molecular complexity index is 535. The molecule has 4 heteroatoms. The van der Waals surface area contributed by atoms with E-state index in [2.05, 4.69) is 4.90 Å². The Hall–Kier alpha value is -1.68. The van der Waals surface area contributed by atoms with Gasteiger partial charge in [0.2, 0.25) is 5.91 Å². The van der Waals surface area contributed by atoms with E-state index in [9.17, 15) is 9.59 Å². The van der Waals surface area contributed by atoms with Crippen molar-refractivity contribution < 1.29 is 9.59 Å². The zero-order valence-electron chi connectivity index (χ0n) is 11.8. The molecule has 2 fully saturated rings. The summed E-state index contributed by atoms with van der Waals surface area (Å²) in [5, 5.41) is 0. The highest BCUT2D eigenvalue weighted by Crippen LogP contribution is 2.27. The highest BCUT2D eigenvalue weighted by Gasteiger charge is 2.42. The van der Waals surface area contributed by atoms with Gasteiger partial charge in [0.15, 0.2) is 0 Å². The van der Waals surface area contributed by atoms with Gasteiger partial charge in [0.1, 0.15) is 0 Å². The van der Waals surface area contributed by atoms with Gasteiger partial charge in [-0.15, -0.1) is 0 Å². The Balaban J connectivity index is 1.83. The fraction of sp³-hybridized carbons (Fsp3) is 0.500. The SMILES string of the molecule is Cc1cccc(N2C(=O)CC(N3CCCCC3)C2=O)c1. The maximum absolute atomic E-state index is 12.6. The number of likely N-dealkylation sites (tertiary alicyclic amines) is 1. The van der Waals surface area contributed by atoms with Gasteiger partial charge in [0, 0.05) is 0 Å². The summed E-state index contributed by atoms with van der Waals surface area (Å²) in [6.07, 6.45) is 3.81. The number of amides is 2. The third-order valence-electron chi connectivity index (χ3n) is 4.21. The van der Waals surface area contributed by atoms with E-state index in [0.29, 0.717) is 12.1 Å². The van der Waals surface area contributed by atoms with E-state index in [0.717, 1.165) is 31.5 Å². The number of rotatable bonds is 2. The van der Waals surface area contributed by atoms with E-state index < -0.39 is 0 Å². The van der Waals surface area contributed by atoms with Crippen molar-refractivity contribution in [2.24, 2.45) is 0 Å². The molecule has 2 heterocycles. The van der Waals surface area contributed by atoms with Crippen molar-refractivity contribution in [1.82, 2.24) is 4.90 Å². The van der Waals surface area contributed by atoms with Crippen LogP contribution in [0.5, 0.6) is 0 Å². The Labute approximate surface area is 119 Å². The number of nitrogens with zero attached hydrogens (tertiary/aromatic N) is 2. The smallest absolute Gasteiger partial charge is 0.251 e. The van der Waals surface area contributed by atoms with Crippen molar-refractivity contribution in [3.8, 4) is 0 Å². The van der Waals surface area contributed by atoms with Crippen LogP contribution in [0.3, 0.4) is 0 Å². The summed E-state index contributed by atoms with van der Waals surface area (Å²) in [5.41, 5.74) is 1.77. The number of aryl methyl sites for hydroxylation is 1. The van der Waals surface area contributed by atoms with E-state index >= 15 is 0 Å². The lowest BCUT2D eigenvalue weighted by atomic mass is 10.1. The molecule has 0 aliphatic carbocycles. The van der Waals surface area contributed by atoms with Crippen molar-refractivity contribution in [2.45, 2.75) is 38.6 Å². The van der Waals surface area contributed by atoms with E-state index in [1.54, 1.807) is 0 Å². The number of hydrogen-bond donors (Lipinski definition) is 0. The van der Waals surface area contributed by atoms with E-state index in [1.807, 2.05) is 31.2 Å². The second-order valence-corrected chi connectivity index (χ2v) is 5.72. The molecule has 1 aromatic carbocycles. The first-order valence-electron chi connectivity index (χ1n) is 7.34. The number of anilines is 1. The Morgan fingerprint density at radius 1 is 1.10 bits per heavy atom. The van der Waals surface area contributed by atoms with Crippen molar-refractivity contribution in [2.75, 3.05) is 18.0 Å². The minimum Gasteiger partial charge on any atom is -0.292 e. The van der Waals surface area contributed by atoms with Gasteiger partial charge < -0.3 is 0 Å². The van der Waals surface area contributed by atoms with Gasteiger partial charge in [-0.25, -0.2) is 4.90 Å². The second-order valence-electron chi connectivity index (χ2n) is 5.72. The lowest BCUT2D eigenvalue weighted by Crippen LogP contribution is -2.44. The molecule has 106 valence electrons. The van der Waals surface area contributed by atoms with Crippen LogP contribution in [0.1, 0.15) is 31.2 Å². The average Bonchev–Trinajstić information content (AvgIpc) is 2.75. The maximum Gasteiger partial charge on any atom is 0.251 e. The molecule has 3 rings (SSSR count). The Morgan fingerprint density at radius 3 is 2.55 bits per heavy atom. The molecule has 0 bridgehead atoms. The third-order valence-corrected chi connectivity index (χ3v) is 4.21. The molecule has 2 saturated heterocycles. The summed E-state index contributed by atoms with van der Waals surface area (Å²) in [5.74, 6) is -0.126. The molecule has 0 radical (unpaired) electrons. The number of imide groups is 1. The molecule has 0 N–H and O–H groups in total. The lowest BCUT2D eigenvalue weighted by molar-refractivity contribution is -0.123. The van der Waals surface area contributed by atoms with Crippen molar-refractivity contribution in [3.63, 3.8) is 0 Å². The molecule has 20 heavy (non-hydrogen) atoms. The molecular formula is C16H20N2O2. The highest BCUT2D eigenvalue weighted by molar-refractivity contribution is 6.22. The van der Waals surface area contributed by atoms with Crippen LogP contribution in [0.25, 0.3) is 0 Å². The van der Waals surface area contributed by atoms with Crippen LogP contribution in [0.2, 0.25) is 0 Å². The molecular weight excluding hydrogens is 252 g/mol. The van der Waals surface area contributed by atoms with E-state index in [1.165, 1.54) is 11.3 Å². The summed E-state index contributed by atoms with van der Waals surface area (Å²) in [4.78, 5) is 28.4. The molecule has 2 aliphatic heterocycles. The molecule has 0 saturated carbocycles. The summed E-state index contributed by atoms with van der Waals surface area (Å²) in [7, 11) is 0. The number of hydrogen-bond acceptors (Lipinski definition) is 3. The summed E-state index contributed by atoms with van der Waals surface area (Å²) in [6, 6.07) is 7.34. The Morgan fingerprint density at radius 2 is 1.85 bits per heavy atom. The van der Waals surface area contributed by atoms with Crippen LogP contribution in [-0.4, -0.2) is 35.8 Å². The van der Waals surface area contributed by atoms with Gasteiger partial charge in [0.25, 0.3) is 5.91 Å². The lowest BCUT2D eigenvalue weighted by Gasteiger charge is -2.30. The van der Waals surface area contributed by atoms with Crippen molar-refractivity contribution in [3.05, 3.63) is 29.8 Å². The predicted octanol–water partition coefficient (Wildman–Crippen LogP) is 2.11. The number of piperidine rings is 1. The van der Waals surface area contributed by atoms with Crippen LogP contribution in [0.15, 0.2) is 24.3 Å². The zero-order valence-corrected chi connectivity index (χ0v) is 11.8. The quantitative estimate of drug-likeness (QED) is 0.774. The third kappa shape index (κ3) is 2.36. The van der Waals surface area contributed by atoms with Gasteiger partial charge in [-0.3, -0.25) is 14.5 Å². The van der Waals surface area contributed by atoms with Gasteiger partial charge in [-0.2, -0.15) is 0 Å². The van der Waals surface area contributed by atoms with Gasteiger partial charge in [-0.1, -0.05) is 18.6 Å². The van der Waals surface area contributed by atoms with Gasteiger partial charge in [0.05, 0.1) is 18.2 Å². The number of carbonyl (C=O) groups is 2. The zero-order chi connectivity index (χ0) is 14.1. The average molecular weight is 272 g/mol. The summed E-state index contributed by atoms with van der Waals surface area (Å²) < 4.78 is 0. The fourth-order valence-corrected chi connectivity index (χ4v) is 3.17. The molecule has 0 spiro atoms. The summed E-state index contributed by atoms with van der Waals surface area (Å²) in [6.45, 7) is 3.84. The van der Waals surface area contributed by atoms with Gasteiger partial charge in [-0.05, 0) is 50.6 Å². The standard InChI is InChI=1S/C16H20N2O2/c1-12-6-5-7-13(10-12)18-15(19)11-14(16(18)20)17-8-3-2-4-9-17/h5-7,10,14H,2-4,8-9,11H2,1H3. The van der Waals surface area contributed by atoms with Gasteiger partial charge >= 0.3 is 0 Å². The first kappa shape index (κ1) is 13.3. The maximum atomic E-state index is 12.6. The predicted molar refractivity (Wildman–Crippen MR) is 77.5 cm³/mol. The van der Waals surface area contributed by atoms with Crippen LogP contribution in [-0.2, 0) is 9.59 Å². The molecule has 1 atom stereocenters. The van der Waals surface area contributed by atoms with E-state index in [-0.39, 0.29) is 17.9 Å². The highest BCUT2D eigenvalue weighted by atomic mass is 16.2. The number of benzene rings is 1. The number of carbonyl (C=O) groups excluding carboxylic acids is 2. The second kappa shape index (κ2) is 5.37. The summed E-state index contributed by atoms with van der Waals surface area (Å²) >= 11 is 0. The topological polar surface area (TPSA) is 40.6 Å². The molecule has 1 aromatic rings. The van der Waals surface area contributed by atoms with Crippen molar-refractivity contribution >= 4 is 17.5 Å². The fourth-order valence-electron chi connectivity index (χ4n) is 3.17. The molecule has 1 unspecified atom stereocenters. The van der Waals surface area contributed by atoms with Crippen LogP contribution in [0.4, 0.5) is 5.69 Å². The molecule has 0 aromatic heterocycles. The molecule has 2 amide bonds. The van der Waals surface area contributed by atoms with E-state index in [4.69, 9.17) is 0 Å². The first-order valence-corrected chi connectivity index (χ1v) is 7.34.